The van der Waals surface area contributed by atoms with Gasteiger partial charge in [-0.2, -0.15) is 0 Å². The number of nitrogens with zero attached hydrogens (tertiary/aromatic N) is 3. The van der Waals surface area contributed by atoms with E-state index < -0.39 is 0 Å². The maximum absolute atomic E-state index is 12.4. The van der Waals surface area contributed by atoms with Crippen LogP contribution in [0.5, 0.6) is 5.75 Å². The van der Waals surface area contributed by atoms with Crippen LogP contribution in [-0.2, 0) is 11.2 Å². The third-order valence-electron chi connectivity index (χ3n) is 4.23. The molecule has 0 saturated carbocycles. The second-order valence-electron chi connectivity index (χ2n) is 5.87. The lowest BCUT2D eigenvalue weighted by molar-refractivity contribution is -0.131. The number of halogens is 1. The van der Waals surface area contributed by atoms with Crippen LogP contribution in [0.3, 0.4) is 0 Å². The lowest BCUT2D eigenvalue weighted by Crippen LogP contribution is -2.49. The van der Waals surface area contributed by atoms with Crippen molar-refractivity contribution in [2.24, 2.45) is 0 Å². The summed E-state index contributed by atoms with van der Waals surface area (Å²) in [5, 5.41) is 10.0. The Labute approximate surface area is 146 Å². The van der Waals surface area contributed by atoms with Crippen molar-refractivity contribution in [2.75, 3.05) is 31.1 Å². The molecule has 0 unspecified atom stereocenters. The Morgan fingerprint density at radius 1 is 1.08 bits per heavy atom. The molecule has 0 radical (unpaired) electrons. The van der Waals surface area contributed by atoms with Crippen LogP contribution >= 0.6 is 11.6 Å². The Hall–Kier alpha value is -2.27. The van der Waals surface area contributed by atoms with E-state index in [1.165, 1.54) is 6.20 Å². The van der Waals surface area contributed by atoms with Gasteiger partial charge < -0.3 is 14.9 Å². The Morgan fingerprint density at radius 2 is 1.79 bits per heavy atom. The van der Waals surface area contributed by atoms with Gasteiger partial charge in [-0.05, 0) is 36.2 Å². The highest BCUT2D eigenvalue weighted by atomic mass is 35.5. The molecular formula is C18H20ClN3O2. The number of hydrogen-bond acceptors (Lipinski definition) is 4. The summed E-state index contributed by atoms with van der Waals surface area (Å²) in [6.07, 6.45) is 2.69. The zero-order chi connectivity index (χ0) is 16.9. The van der Waals surface area contributed by atoms with Gasteiger partial charge in [-0.25, -0.2) is 4.98 Å². The van der Waals surface area contributed by atoms with Gasteiger partial charge in [0.2, 0.25) is 5.91 Å². The maximum atomic E-state index is 12.4. The Morgan fingerprint density at radius 3 is 2.42 bits per heavy atom. The minimum absolute atomic E-state index is 0.162. The fourth-order valence-corrected chi connectivity index (χ4v) is 2.94. The van der Waals surface area contributed by atoms with Gasteiger partial charge in [0.05, 0.1) is 6.20 Å². The van der Waals surface area contributed by atoms with Crippen molar-refractivity contribution in [1.29, 1.82) is 0 Å². The first-order valence-corrected chi connectivity index (χ1v) is 8.42. The van der Waals surface area contributed by atoms with Crippen LogP contribution in [0.2, 0.25) is 5.02 Å². The van der Waals surface area contributed by atoms with Gasteiger partial charge in [0.15, 0.2) is 0 Å². The number of pyridine rings is 1. The van der Waals surface area contributed by atoms with Crippen LogP contribution in [0.1, 0.15) is 12.0 Å². The van der Waals surface area contributed by atoms with Crippen LogP contribution in [0.15, 0.2) is 42.6 Å². The molecule has 0 atom stereocenters. The molecule has 0 spiro atoms. The van der Waals surface area contributed by atoms with Gasteiger partial charge >= 0.3 is 0 Å². The quantitative estimate of drug-likeness (QED) is 0.925. The van der Waals surface area contributed by atoms with E-state index in [-0.39, 0.29) is 11.7 Å². The zero-order valence-electron chi connectivity index (χ0n) is 13.4. The molecule has 1 N–H and O–H groups in total. The summed E-state index contributed by atoms with van der Waals surface area (Å²) in [4.78, 5) is 20.6. The van der Waals surface area contributed by atoms with E-state index >= 15 is 0 Å². The number of carbonyl (C=O) groups excluding carboxylic acids is 1. The van der Waals surface area contributed by atoms with Gasteiger partial charge in [-0.3, -0.25) is 4.79 Å². The molecule has 24 heavy (non-hydrogen) atoms. The van der Waals surface area contributed by atoms with Crippen molar-refractivity contribution in [1.82, 2.24) is 9.88 Å². The summed E-state index contributed by atoms with van der Waals surface area (Å²) in [5.41, 5.74) is 1.12. The molecule has 1 aromatic heterocycles. The average Bonchev–Trinajstić information content (AvgIpc) is 2.62. The van der Waals surface area contributed by atoms with Crippen LogP contribution in [0.25, 0.3) is 0 Å². The molecule has 5 nitrogen and oxygen atoms in total. The number of piperazine rings is 1. The van der Waals surface area contributed by atoms with E-state index in [2.05, 4.69) is 9.88 Å². The van der Waals surface area contributed by atoms with E-state index in [0.717, 1.165) is 30.9 Å². The summed E-state index contributed by atoms with van der Waals surface area (Å²) < 4.78 is 0. The minimum atomic E-state index is 0.162. The molecule has 1 saturated heterocycles. The molecule has 1 fully saturated rings. The smallest absolute Gasteiger partial charge is 0.223 e. The molecule has 1 aliphatic rings. The number of aromatic nitrogens is 1. The first-order chi connectivity index (χ1) is 11.6. The Bertz CT molecular complexity index is 680. The van der Waals surface area contributed by atoms with E-state index in [0.29, 0.717) is 24.5 Å². The lowest BCUT2D eigenvalue weighted by atomic mass is 10.1. The Balaban J connectivity index is 1.48. The monoisotopic (exact) mass is 345 g/mol. The van der Waals surface area contributed by atoms with Crippen LogP contribution in [-0.4, -0.2) is 47.1 Å². The van der Waals surface area contributed by atoms with E-state index in [1.54, 1.807) is 12.1 Å². The highest BCUT2D eigenvalue weighted by molar-refractivity contribution is 6.30. The summed E-state index contributed by atoms with van der Waals surface area (Å²) >= 11 is 5.87. The number of aryl methyl sites for hydroxylation is 1. The third kappa shape index (κ3) is 4.17. The van der Waals surface area contributed by atoms with Gasteiger partial charge in [0.1, 0.15) is 11.6 Å². The molecule has 0 aliphatic carbocycles. The van der Waals surface area contributed by atoms with Crippen molar-refractivity contribution in [3.8, 4) is 5.75 Å². The number of rotatable bonds is 4. The second kappa shape index (κ2) is 7.53. The first kappa shape index (κ1) is 16.6. The van der Waals surface area contributed by atoms with E-state index in [9.17, 15) is 9.90 Å². The van der Waals surface area contributed by atoms with Gasteiger partial charge in [-0.15, -0.1) is 0 Å². The molecule has 126 valence electrons. The Kier molecular flexibility index (Phi) is 5.20. The van der Waals surface area contributed by atoms with Crippen molar-refractivity contribution in [2.45, 2.75) is 12.8 Å². The fourth-order valence-electron chi connectivity index (χ4n) is 2.81. The third-order valence-corrected chi connectivity index (χ3v) is 4.48. The maximum Gasteiger partial charge on any atom is 0.223 e. The molecule has 1 amide bonds. The second-order valence-corrected chi connectivity index (χ2v) is 6.31. The fraction of sp³-hybridized carbons (Fsp3) is 0.333. The highest BCUT2D eigenvalue weighted by Gasteiger charge is 2.21. The van der Waals surface area contributed by atoms with Crippen LogP contribution in [0.4, 0.5) is 5.82 Å². The number of aromatic hydroxyl groups is 1. The molecule has 0 bridgehead atoms. The predicted octanol–water partition coefficient (Wildman–Crippen LogP) is 2.72. The number of anilines is 1. The molecule has 1 aromatic carbocycles. The largest absolute Gasteiger partial charge is 0.506 e. The van der Waals surface area contributed by atoms with Gasteiger partial charge in [-0.1, -0.05) is 23.7 Å². The normalized spacial score (nSPS) is 14.7. The van der Waals surface area contributed by atoms with Crippen molar-refractivity contribution in [3.05, 3.63) is 53.2 Å². The molecular weight excluding hydrogens is 326 g/mol. The summed E-state index contributed by atoms with van der Waals surface area (Å²) in [7, 11) is 0. The van der Waals surface area contributed by atoms with Crippen molar-refractivity contribution < 1.29 is 9.90 Å². The average molecular weight is 346 g/mol. The van der Waals surface area contributed by atoms with Gasteiger partial charge in [0, 0.05) is 37.6 Å². The molecule has 2 heterocycles. The number of carbonyl (C=O) groups is 1. The topological polar surface area (TPSA) is 56.7 Å². The number of hydrogen-bond donors (Lipinski definition) is 1. The van der Waals surface area contributed by atoms with E-state index in [4.69, 9.17) is 11.6 Å². The minimum Gasteiger partial charge on any atom is -0.506 e. The number of amides is 1. The molecule has 6 heteroatoms. The van der Waals surface area contributed by atoms with Crippen LogP contribution in [0, 0.1) is 0 Å². The SMILES string of the molecule is O=C(CCc1ccc(Cl)cc1)N1CCN(c2ccc(O)cn2)CC1. The highest BCUT2D eigenvalue weighted by Crippen LogP contribution is 2.17. The molecule has 3 rings (SSSR count). The van der Waals surface area contributed by atoms with E-state index in [1.807, 2.05) is 29.2 Å². The standard InChI is InChI=1S/C18H20ClN3O2/c19-15-4-1-14(2-5-15)3-8-18(24)22-11-9-21(10-12-22)17-7-6-16(23)13-20-17/h1-2,4-7,13,23H,3,8-12H2. The molecule has 1 aliphatic heterocycles. The molecule has 2 aromatic rings. The van der Waals surface area contributed by atoms with Crippen molar-refractivity contribution in [3.63, 3.8) is 0 Å². The number of benzene rings is 1. The lowest BCUT2D eigenvalue weighted by Gasteiger charge is -2.35. The summed E-state index contributed by atoms with van der Waals surface area (Å²) in [5.74, 6) is 1.18. The van der Waals surface area contributed by atoms with Gasteiger partial charge in [0.25, 0.3) is 0 Å². The first-order valence-electron chi connectivity index (χ1n) is 8.04. The predicted molar refractivity (Wildman–Crippen MR) is 94.5 cm³/mol. The zero-order valence-corrected chi connectivity index (χ0v) is 14.1. The van der Waals surface area contributed by atoms with Crippen LogP contribution < -0.4 is 4.90 Å². The van der Waals surface area contributed by atoms with Crippen molar-refractivity contribution >= 4 is 23.3 Å². The summed E-state index contributed by atoms with van der Waals surface area (Å²) in [6, 6.07) is 11.1. The summed E-state index contributed by atoms with van der Waals surface area (Å²) in [6.45, 7) is 2.90.